The topological polar surface area (TPSA) is 89.6 Å². The number of benzene rings is 2. The van der Waals surface area contributed by atoms with Crippen LogP contribution in [0.2, 0.25) is 0 Å². The third kappa shape index (κ3) is 4.43. The van der Waals surface area contributed by atoms with E-state index in [0.717, 1.165) is 11.1 Å². The van der Waals surface area contributed by atoms with Crippen molar-refractivity contribution >= 4 is 11.9 Å². The van der Waals surface area contributed by atoms with E-state index in [1.165, 1.54) is 12.1 Å². The zero-order valence-corrected chi connectivity index (χ0v) is 11.9. The van der Waals surface area contributed by atoms with Crippen molar-refractivity contribution in [3.63, 3.8) is 0 Å². The van der Waals surface area contributed by atoms with Gasteiger partial charge in [-0.2, -0.15) is 0 Å². The number of rotatable bonds is 6. The van der Waals surface area contributed by atoms with Gasteiger partial charge in [0.25, 0.3) is 0 Å². The van der Waals surface area contributed by atoms with Crippen LogP contribution in [-0.2, 0) is 22.6 Å². The van der Waals surface area contributed by atoms with Crippen LogP contribution < -0.4 is 5.73 Å². The molecule has 2 aromatic rings. The Hall–Kier alpha value is -2.66. The summed E-state index contributed by atoms with van der Waals surface area (Å²) in [7, 11) is 0. The largest absolute Gasteiger partial charge is 0.478 e. The molecule has 3 N–H and O–H groups in total. The van der Waals surface area contributed by atoms with E-state index in [1.807, 2.05) is 30.3 Å². The van der Waals surface area contributed by atoms with E-state index < -0.39 is 18.0 Å². The zero-order chi connectivity index (χ0) is 15.9. The third-order valence-corrected chi connectivity index (χ3v) is 3.18. The summed E-state index contributed by atoms with van der Waals surface area (Å²) in [5.41, 5.74) is 7.70. The predicted octanol–water partition coefficient (Wildman–Crippen LogP) is 2.00. The Labute approximate surface area is 128 Å². The molecule has 0 radical (unpaired) electrons. The maximum absolute atomic E-state index is 11.9. The van der Waals surface area contributed by atoms with Crippen LogP contribution in [0.25, 0.3) is 0 Å². The van der Waals surface area contributed by atoms with Gasteiger partial charge in [-0.25, -0.2) is 4.79 Å². The van der Waals surface area contributed by atoms with Crippen molar-refractivity contribution in [1.82, 2.24) is 0 Å². The van der Waals surface area contributed by atoms with Gasteiger partial charge in [-0.1, -0.05) is 42.5 Å². The lowest BCUT2D eigenvalue weighted by atomic mass is 10.0. The van der Waals surface area contributed by atoms with Crippen LogP contribution >= 0.6 is 0 Å². The van der Waals surface area contributed by atoms with Crippen molar-refractivity contribution < 1.29 is 19.4 Å². The molecule has 2 rings (SSSR count). The summed E-state index contributed by atoms with van der Waals surface area (Å²) < 4.78 is 5.17. The number of aromatic carboxylic acids is 1. The van der Waals surface area contributed by atoms with Crippen LogP contribution in [0.15, 0.2) is 54.6 Å². The van der Waals surface area contributed by atoms with Gasteiger partial charge in [0.2, 0.25) is 0 Å². The predicted molar refractivity (Wildman–Crippen MR) is 81.3 cm³/mol. The molecule has 114 valence electrons. The smallest absolute Gasteiger partial charge is 0.335 e. The maximum atomic E-state index is 11.9. The summed E-state index contributed by atoms with van der Waals surface area (Å²) in [4.78, 5) is 22.6. The number of ether oxygens (including phenoxy) is 1. The second-order valence-corrected chi connectivity index (χ2v) is 4.91. The first-order chi connectivity index (χ1) is 10.6. The highest BCUT2D eigenvalue weighted by Gasteiger charge is 2.16. The first-order valence-corrected chi connectivity index (χ1v) is 6.84. The van der Waals surface area contributed by atoms with E-state index in [0.29, 0.717) is 6.42 Å². The zero-order valence-electron chi connectivity index (χ0n) is 11.9. The second kappa shape index (κ2) is 7.38. The fourth-order valence-electron chi connectivity index (χ4n) is 1.96. The first kappa shape index (κ1) is 15.7. The molecule has 0 saturated heterocycles. The van der Waals surface area contributed by atoms with Gasteiger partial charge in [-0.15, -0.1) is 0 Å². The van der Waals surface area contributed by atoms with Crippen LogP contribution in [0, 0.1) is 0 Å². The highest BCUT2D eigenvalue weighted by molar-refractivity contribution is 5.87. The summed E-state index contributed by atoms with van der Waals surface area (Å²) in [6.45, 7) is 0.186. The molecule has 5 nitrogen and oxygen atoms in total. The number of carbonyl (C=O) groups excluding carboxylic acids is 1. The third-order valence-electron chi connectivity index (χ3n) is 3.18. The Bertz CT molecular complexity index is 637. The van der Waals surface area contributed by atoms with E-state index in [1.54, 1.807) is 12.1 Å². The number of nitrogens with two attached hydrogens (primary N) is 1. The number of carboxylic acid groups (broad SMARTS) is 1. The monoisotopic (exact) mass is 299 g/mol. The second-order valence-electron chi connectivity index (χ2n) is 4.91. The van der Waals surface area contributed by atoms with E-state index >= 15 is 0 Å². The summed E-state index contributed by atoms with van der Waals surface area (Å²) >= 11 is 0. The lowest BCUT2D eigenvalue weighted by molar-refractivity contribution is -0.146. The van der Waals surface area contributed by atoms with Gasteiger partial charge < -0.3 is 15.6 Å². The van der Waals surface area contributed by atoms with Crippen molar-refractivity contribution in [2.75, 3.05) is 0 Å². The van der Waals surface area contributed by atoms with Crippen molar-refractivity contribution in [2.24, 2.45) is 5.73 Å². The van der Waals surface area contributed by atoms with Gasteiger partial charge >= 0.3 is 11.9 Å². The molecule has 0 aromatic heterocycles. The van der Waals surface area contributed by atoms with Crippen molar-refractivity contribution in [2.45, 2.75) is 19.1 Å². The van der Waals surface area contributed by atoms with Gasteiger partial charge in [0.15, 0.2) is 0 Å². The van der Waals surface area contributed by atoms with Crippen LogP contribution in [0.3, 0.4) is 0 Å². The summed E-state index contributed by atoms with van der Waals surface area (Å²) in [6, 6.07) is 14.8. The Kier molecular flexibility index (Phi) is 5.27. The fraction of sp³-hybridized carbons (Fsp3) is 0.176. The fourth-order valence-corrected chi connectivity index (χ4v) is 1.96. The Morgan fingerprint density at radius 2 is 1.64 bits per heavy atom. The number of hydrogen-bond donors (Lipinski definition) is 2. The van der Waals surface area contributed by atoms with Gasteiger partial charge in [-0.05, 0) is 29.7 Å². The minimum atomic E-state index is -0.988. The molecule has 0 aliphatic rings. The van der Waals surface area contributed by atoms with E-state index in [4.69, 9.17) is 15.6 Å². The Morgan fingerprint density at radius 1 is 1.00 bits per heavy atom. The molecule has 0 saturated carbocycles. The molecule has 5 heteroatoms. The van der Waals surface area contributed by atoms with Crippen LogP contribution in [0.5, 0.6) is 0 Å². The summed E-state index contributed by atoms with van der Waals surface area (Å²) in [6.07, 6.45) is 0.299. The molecule has 0 unspecified atom stereocenters. The van der Waals surface area contributed by atoms with Crippen molar-refractivity contribution in [3.05, 3.63) is 71.3 Å². The molecular formula is C17H17NO4. The lowest BCUT2D eigenvalue weighted by Gasteiger charge is -2.12. The van der Waals surface area contributed by atoms with Crippen molar-refractivity contribution in [1.29, 1.82) is 0 Å². The summed E-state index contributed by atoms with van der Waals surface area (Å²) in [5.74, 6) is -1.47. The highest BCUT2D eigenvalue weighted by atomic mass is 16.5. The minimum Gasteiger partial charge on any atom is -0.478 e. The Morgan fingerprint density at radius 3 is 2.23 bits per heavy atom. The van der Waals surface area contributed by atoms with E-state index in [9.17, 15) is 9.59 Å². The van der Waals surface area contributed by atoms with Crippen LogP contribution in [0.1, 0.15) is 21.5 Å². The molecule has 22 heavy (non-hydrogen) atoms. The molecule has 0 aliphatic heterocycles. The number of esters is 1. The average molecular weight is 299 g/mol. The quantitative estimate of drug-likeness (QED) is 0.796. The van der Waals surface area contributed by atoms with Gasteiger partial charge in [0.1, 0.15) is 12.6 Å². The SMILES string of the molecule is N[C@H](Cc1ccc(C(=O)O)cc1)C(=O)OCc1ccccc1. The Balaban J connectivity index is 1.86. The van der Waals surface area contributed by atoms with Gasteiger partial charge in [0, 0.05) is 0 Å². The molecule has 0 bridgehead atoms. The lowest BCUT2D eigenvalue weighted by Crippen LogP contribution is -2.34. The molecule has 0 spiro atoms. The van der Waals surface area contributed by atoms with Crippen LogP contribution in [-0.4, -0.2) is 23.1 Å². The first-order valence-electron chi connectivity index (χ1n) is 6.84. The number of hydrogen-bond acceptors (Lipinski definition) is 4. The average Bonchev–Trinajstić information content (AvgIpc) is 2.54. The molecule has 0 aliphatic carbocycles. The maximum Gasteiger partial charge on any atom is 0.335 e. The highest BCUT2D eigenvalue weighted by Crippen LogP contribution is 2.08. The molecule has 0 amide bonds. The number of carboxylic acids is 1. The van der Waals surface area contributed by atoms with E-state index in [2.05, 4.69) is 0 Å². The van der Waals surface area contributed by atoms with Crippen molar-refractivity contribution in [3.8, 4) is 0 Å². The van der Waals surface area contributed by atoms with Gasteiger partial charge in [-0.3, -0.25) is 4.79 Å². The minimum absolute atomic E-state index is 0.186. The normalized spacial score (nSPS) is 11.7. The number of carbonyl (C=O) groups is 2. The molecule has 0 heterocycles. The van der Waals surface area contributed by atoms with Gasteiger partial charge in [0.05, 0.1) is 5.56 Å². The molecule has 0 fully saturated rings. The molecule has 1 atom stereocenters. The summed E-state index contributed by atoms with van der Waals surface area (Å²) in [5, 5.41) is 8.83. The van der Waals surface area contributed by atoms with E-state index in [-0.39, 0.29) is 12.2 Å². The molecular weight excluding hydrogens is 282 g/mol. The molecule has 2 aromatic carbocycles. The standard InChI is InChI=1S/C17H17NO4/c18-15(10-12-6-8-14(9-7-12)16(19)20)17(21)22-11-13-4-2-1-3-5-13/h1-9,15H,10-11,18H2,(H,19,20)/t15-/m1/s1. The van der Waals surface area contributed by atoms with Crippen LogP contribution in [0.4, 0.5) is 0 Å².